The molecule has 0 bridgehead atoms. The van der Waals surface area contributed by atoms with E-state index in [1.165, 1.54) is 11.8 Å². The van der Waals surface area contributed by atoms with Gasteiger partial charge in [0.15, 0.2) is 5.82 Å². The number of carbonyl (C=O) groups is 2. The summed E-state index contributed by atoms with van der Waals surface area (Å²) in [6, 6.07) is 13.8. The molecule has 13 heteroatoms. The number of hydrazine groups is 1. The molecule has 0 unspecified atom stereocenters. The van der Waals surface area contributed by atoms with Crippen molar-refractivity contribution in [2.24, 2.45) is 0 Å². The Morgan fingerprint density at radius 2 is 1.48 bits per heavy atom. The molecule has 3 heterocycles. The molecule has 5 rings (SSSR count). The summed E-state index contributed by atoms with van der Waals surface area (Å²) >= 11 is 8.07. The molecule has 2 aliphatic rings. The van der Waals surface area contributed by atoms with E-state index < -0.39 is 0 Å². The first-order valence-electron chi connectivity index (χ1n) is 13.8. The first-order chi connectivity index (χ1) is 20.3. The first kappa shape index (κ1) is 30.1. The van der Waals surface area contributed by atoms with E-state index in [1.807, 2.05) is 37.4 Å². The molecule has 11 nitrogen and oxygen atoms in total. The zero-order valence-corrected chi connectivity index (χ0v) is 25.5. The number of aromatic nitrogens is 2. The van der Waals surface area contributed by atoms with Crippen molar-refractivity contribution < 1.29 is 14.3 Å². The van der Waals surface area contributed by atoms with E-state index in [-0.39, 0.29) is 11.9 Å². The Morgan fingerprint density at radius 3 is 2.05 bits per heavy atom. The van der Waals surface area contributed by atoms with Gasteiger partial charge >= 0.3 is 6.03 Å². The van der Waals surface area contributed by atoms with Gasteiger partial charge in [-0.25, -0.2) is 24.8 Å². The molecule has 0 radical (unpaired) electrons. The molecule has 0 aliphatic carbocycles. The molecule has 0 spiro atoms. The standard InChI is InChI=1S/C29H35ClN8O3S/c1-35(2)38-14-12-37(13-15-38)28(39)21-6-10-23(11-7-21)32-29(40)31-22-8-4-20(5-9-22)26-33-25(30)24(42-3)27(34-26)36-16-18-41-19-17-36/h4-11H,12-19H2,1-3H3,(H2,31,32,40). The number of hydrogen-bond acceptors (Lipinski definition) is 9. The largest absolute Gasteiger partial charge is 0.378 e. The van der Waals surface area contributed by atoms with Gasteiger partial charge in [0.2, 0.25) is 0 Å². The van der Waals surface area contributed by atoms with Crippen molar-refractivity contribution in [3.8, 4) is 11.4 Å². The Bertz CT molecular complexity index is 1390. The minimum Gasteiger partial charge on any atom is -0.378 e. The van der Waals surface area contributed by atoms with Crippen LogP contribution in [-0.4, -0.2) is 110 Å². The number of urea groups is 1. The maximum atomic E-state index is 12.9. The third-order valence-corrected chi connectivity index (χ3v) is 8.39. The van der Waals surface area contributed by atoms with Gasteiger partial charge in [0.1, 0.15) is 11.0 Å². The number of rotatable bonds is 7. The highest BCUT2D eigenvalue weighted by Crippen LogP contribution is 2.35. The molecule has 42 heavy (non-hydrogen) atoms. The second kappa shape index (κ2) is 13.7. The van der Waals surface area contributed by atoms with Crippen LogP contribution in [0.2, 0.25) is 5.15 Å². The van der Waals surface area contributed by atoms with Crippen LogP contribution in [0.15, 0.2) is 53.4 Å². The van der Waals surface area contributed by atoms with Crippen molar-refractivity contribution in [3.63, 3.8) is 0 Å². The number of benzene rings is 2. The van der Waals surface area contributed by atoms with E-state index in [4.69, 9.17) is 21.3 Å². The van der Waals surface area contributed by atoms with Gasteiger partial charge in [0.05, 0.1) is 18.1 Å². The van der Waals surface area contributed by atoms with Gasteiger partial charge in [0, 0.05) is 75.9 Å². The number of hydrogen-bond donors (Lipinski definition) is 2. The molecule has 2 aliphatic heterocycles. The average Bonchev–Trinajstić information content (AvgIpc) is 3.01. The van der Waals surface area contributed by atoms with Crippen molar-refractivity contribution in [3.05, 3.63) is 59.2 Å². The van der Waals surface area contributed by atoms with Crippen LogP contribution in [0.4, 0.5) is 22.0 Å². The topological polar surface area (TPSA) is 106 Å². The second-order valence-electron chi connectivity index (χ2n) is 10.1. The summed E-state index contributed by atoms with van der Waals surface area (Å²) in [5.41, 5.74) is 2.58. The first-order valence-corrected chi connectivity index (χ1v) is 15.4. The minimum absolute atomic E-state index is 0.00470. The van der Waals surface area contributed by atoms with E-state index in [2.05, 4.69) is 30.5 Å². The second-order valence-corrected chi connectivity index (χ2v) is 11.3. The SMILES string of the molecule is CSc1c(Cl)nc(-c2ccc(NC(=O)Nc3ccc(C(=O)N4CCN(N(C)C)CC4)cc3)cc2)nc1N1CCOCC1. The number of ether oxygens (including phenoxy) is 1. The molecule has 1 aromatic heterocycles. The summed E-state index contributed by atoms with van der Waals surface area (Å²) in [5, 5.41) is 10.3. The quantitative estimate of drug-likeness (QED) is 0.300. The highest BCUT2D eigenvalue weighted by Gasteiger charge is 2.23. The van der Waals surface area contributed by atoms with Crippen molar-refractivity contribution >= 4 is 52.5 Å². The van der Waals surface area contributed by atoms with Gasteiger partial charge in [-0.2, -0.15) is 0 Å². The fourth-order valence-electron chi connectivity index (χ4n) is 4.88. The van der Waals surface area contributed by atoms with E-state index >= 15 is 0 Å². The average molecular weight is 611 g/mol. The van der Waals surface area contributed by atoms with E-state index in [0.717, 1.165) is 42.5 Å². The fraction of sp³-hybridized carbons (Fsp3) is 0.379. The number of halogens is 1. The number of nitrogens with zero attached hydrogens (tertiary/aromatic N) is 6. The lowest BCUT2D eigenvalue weighted by molar-refractivity contribution is -0.0147. The van der Waals surface area contributed by atoms with Crippen LogP contribution in [-0.2, 0) is 4.74 Å². The normalized spacial score (nSPS) is 16.0. The lowest BCUT2D eigenvalue weighted by Crippen LogP contribution is -2.52. The van der Waals surface area contributed by atoms with Gasteiger partial charge in [-0.1, -0.05) is 11.6 Å². The minimum atomic E-state index is -0.389. The molecule has 2 saturated heterocycles. The molecule has 2 aromatic carbocycles. The predicted octanol–water partition coefficient (Wildman–Crippen LogP) is 4.23. The summed E-state index contributed by atoms with van der Waals surface area (Å²) in [6.07, 6.45) is 1.96. The zero-order valence-electron chi connectivity index (χ0n) is 24.0. The molecule has 2 N–H and O–H groups in total. The summed E-state index contributed by atoms with van der Waals surface area (Å²) in [7, 11) is 4.01. The van der Waals surface area contributed by atoms with Crippen LogP contribution in [0, 0.1) is 0 Å². The number of carbonyl (C=O) groups excluding carboxylic acids is 2. The molecule has 3 amide bonds. The molecule has 0 atom stereocenters. The van der Waals surface area contributed by atoms with Crippen LogP contribution < -0.4 is 15.5 Å². The molecule has 0 saturated carbocycles. The number of nitrogens with one attached hydrogen (secondary N) is 2. The van der Waals surface area contributed by atoms with Gasteiger partial charge in [0.25, 0.3) is 5.91 Å². The zero-order chi connectivity index (χ0) is 29.6. The summed E-state index contributed by atoms with van der Waals surface area (Å²) < 4.78 is 5.49. The summed E-state index contributed by atoms with van der Waals surface area (Å²) in [5.74, 6) is 1.32. The Balaban J connectivity index is 1.18. The van der Waals surface area contributed by atoms with Crippen molar-refractivity contribution in [1.29, 1.82) is 0 Å². The van der Waals surface area contributed by atoms with E-state index in [0.29, 0.717) is 54.2 Å². The Kier molecular flexibility index (Phi) is 9.80. The van der Waals surface area contributed by atoms with Crippen LogP contribution in [0.3, 0.4) is 0 Å². The molecule has 2 fully saturated rings. The number of piperazine rings is 1. The van der Waals surface area contributed by atoms with Crippen LogP contribution >= 0.6 is 23.4 Å². The van der Waals surface area contributed by atoms with Crippen LogP contribution in [0.1, 0.15) is 10.4 Å². The van der Waals surface area contributed by atoms with Gasteiger partial charge < -0.3 is 25.2 Å². The highest BCUT2D eigenvalue weighted by atomic mass is 35.5. The van der Waals surface area contributed by atoms with Gasteiger partial charge in [-0.3, -0.25) is 4.79 Å². The van der Waals surface area contributed by atoms with Crippen molar-refractivity contribution in [1.82, 2.24) is 24.9 Å². The van der Waals surface area contributed by atoms with E-state index in [1.54, 1.807) is 36.4 Å². The smallest absolute Gasteiger partial charge is 0.323 e. The summed E-state index contributed by atoms with van der Waals surface area (Å²) in [6.45, 7) is 5.73. The van der Waals surface area contributed by atoms with Crippen molar-refractivity contribution in [2.45, 2.75) is 4.90 Å². The Hall–Kier alpha value is -3.42. The predicted molar refractivity (Wildman–Crippen MR) is 168 cm³/mol. The molecular formula is C29H35ClN8O3S. The maximum absolute atomic E-state index is 12.9. The Labute approximate surface area is 255 Å². The van der Waals surface area contributed by atoms with Gasteiger partial charge in [-0.05, 0) is 54.8 Å². The summed E-state index contributed by atoms with van der Waals surface area (Å²) in [4.78, 5) is 39.8. The number of amides is 3. The maximum Gasteiger partial charge on any atom is 0.323 e. The lowest BCUT2D eigenvalue weighted by atomic mass is 10.1. The molecule has 3 aromatic rings. The van der Waals surface area contributed by atoms with Crippen LogP contribution in [0.5, 0.6) is 0 Å². The molecule has 222 valence electrons. The number of anilines is 3. The highest BCUT2D eigenvalue weighted by molar-refractivity contribution is 7.98. The Morgan fingerprint density at radius 1 is 0.881 bits per heavy atom. The lowest BCUT2D eigenvalue weighted by Gasteiger charge is -2.37. The number of thioether (sulfide) groups is 1. The monoisotopic (exact) mass is 610 g/mol. The van der Waals surface area contributed by atoms with Gasteiger partial charge in [-0.15, -0.1) is 11.8 Å². The molecular weight excluding hydrogens is 576 g/mol. The van der Waals surface area contributed by atoms with Crippen molar-refractivity contribution in [2.75, 3.05) is 88.4 Å². The van der Waals surface area contributed by atoms with E-state index in [9.17, 15) is 9.59 Å². The fourth-order valence-corrected chi connectivity index (χ4v) is 5.85. The third-order valence-electron chi connectivity index (χ3n) is 7.22. The third kappa shape index (κ3) is 7.13. The number of morpholine rings is 1. The van der Waals surface area contributed by atoms with Crippen LogP contribution in [0.25, 0.3) is 11.4 Å².